The molecule has 1 N–H and O–H groups in total. The summed E-state index contributed by atoms with van der Waals surface area (Å²) >= 11 is 0. The van der Waals surface area contributed by atoms with E-state index < -0.39 is 0 Å². The summed E-state index contributed by atoms with van der Waals surface area (Å²) in [5.74, 6) is 0.633. The Labute approximate surface area is 151 Å². The maximum atomic E-state index is 12.7. The number of nitrogens with zero attached hydrogens (tertiary/aromatic N) is 2. The third kappa shape index (κ3) is 4.00. The molecule has 0 bridgehead atoms. The van der Waals surface area contributed by atoms with Crippen LogP contribution in [-0.4, -0.2) is 35.4 Å². The molecule has 1 atom stereocenters. The number of nitrogens with one attached hydrogen (secondary N) is 1. The summed E-state index contributed by atoms with van der Waals surface area (Å²) in [6, 6.07) is 13.5. The van der Waals surface area contributed by atoms with Crippen LogP contribution < -0.4 is 10.1 Å². The van der Waals surface area contributed by atoms with Gasteiger partial charge in [-0.3, -0.25) is 19.8 Å². The van der Waals surface area contributed by atoms with Crippen LogP contribution in [0.3, 0.4) is 0 Å². The number of anilines is 1. The number of carbonyl (C=O) groups is 1. The Morgan fingerprint density at radius 1 is 1.27 bits per heavy atom. The first-order chi connectivity index (χ1) is 12.6. The molecular formula is C19H21N3O4. The number of rotatable bonds is 6. The van der Waals surface area contributed by atoms with Crippen LogP contribution in [0.5, 0.6) is 5.75 Å². The molecule has 136 valence electrons. The third-order valence-electron chi connectivity index (χ3n) is 4.59. The highest BCUT2D eigenvalue weighted by molar-refractivity contribution is 5.95. The Balaban J connectivity index is 1.69. The van der Waals surface area contributed by atoms with Crippen LogP contribution in [-0.2, 0) is 11.3 Å². The molecule has 7 heteroatoms. The van der Waals surface area contributed by atoms with Crippen molar-refractivity contribution < 1.29 is 14.5 Å². The third-order valence-corrected chi connectivity index (χ3v) is 4.59. The minimum absolute atomic E-state index is 0.0914. The summed E-state index contributed by atoms with van der Waals surface area (Å²) in [7, 11) is 1.59. The standard InChI is InChI=1S/C19H21N3O4/c1-26-16-10-8-15(9-11-16)20-19(23)18-7-4-12-21(18)13-14-5-2-3-6-17(14)22(24)25/h2-3,5-6,8-11,18H,4,7,12-13H2,1H3,(H,20,23)/t18-/m0/s1. The van der Waals surface area contributed by atoms with Gasteiger partial charge in [0.25, 0.3) is 5.69 Å². The van der Waals surface area contributed by atoms with Gasteiger partial charge in [0.2, 0.25) is 5.91 Å². The van der Waals surface area contributed by atoms with Crippen LogP contribution in [0, 0.1) is 10.1 Å². The number of para-hydroxylation sites is 1. The molecule has 0 aromatic heterocycles. The first-order valence-corrected chi connectivity index (χ1v) is 8.50. The van der Waals surface area contributed by atoms with Crippen molar-refractivity contribution in [2.24, 2.45) is 0 Å². The number of hydrogen-bond donors (Lipinski definition) is 1. The summed E-state index contributed by atoms with van der Waals surface area (Å²) in [6.07, 6.45) is 1.63. The lowest BCUT2D eigenvalue weighted by atomic mass is 10.1. The van der Waals surface area contributed by atoms with Crippen molar-refractivity contribution in [1.82, 2.24) is 4.90 Å². The minimum Gasteiger partial charge on any atom is -0.497 e. The summed E-state index contributed by atoms with van der Waals surface area (Å²) < 4.78 is 5.11. The van der Waals surface area contributed by atoms with E-state index in [2.05, 4.69) is 5.32 Å². The molecule has 7 nitrogen and oxygen atoms in total. The molecule has 26 heavy (non-hydrogen) atoms. The molecule has 0 aliphatic carbocycles. The van der Waals surface area contributed by atoms with Crippen molar-refractivity contribution in [1.29, 1.82) is 0 Å². The van der Waals surface area contributed by atoms with Gasteiger partial charge in [-0.2, -0.15) is 0 Å². The molecule has 1 aliphatic heterocycles. The number of benzene rings is 2. The summed E-state index contributed by atoms with van der Waals surface area (Å²) in [4.78, 5) is 25.5. The van der Waals surface area contributed by atoms with Gasteiger partial charge in [0.1, 0.15) is 5.75 Å². The minimum atomic E-state index is -0.377. The molecule has 1 fully saturated rings. The highest BCUT2D eigenvalue weighted by Gasteiger charge is 2.32. The predicted molar refractivity (Wildman–Crippen MR) is 98.2 cm³/mol. The molecule has 0 radical (unpaired) electrons. The van der Waals surface area contributed by atoms with Gasteiger partial charge in [-0.1, -0.05) is 18.2 Å². The molecule has 3 rings (SSSR count). The van der Waals surface area contributed by atoms with Crippen LogP contribution >= 0.6 is 0 Å². The Morgan fingerprint density at radius 3 is 2.69 bits per heavy atom. The van der Waals surface area contributed by atoms with Crippen LogP contribution in [0.25, 0.3) is 0 Å². The average Bonchev–Trinajstić information content (AvgIpc) is 3.11. The Bertz CT molecular complexity index is 792. The Kier molecular flexibility index (Phi) is 5.48. The number of nitro benzene ring substituents is 1. The number of carbonyl (C=O) groups excluding carboxylic acids is 1. The second kappa shape index (κ2) is 7.97. The van der Waals surface area contributed by atoms with Crippen LogP contribution in [0.2, 0.25) is 0 Å². The molecule has 0 saturated carbocycles. The average molecular weight is 355 g/mol. The summed E-state index contributed by atoms with van der Waals surface area (Å²) in [5, 5.41) is 14.1. The zero-order valence-corrected chi connectivity index (χ0v) is 14.6. The number of nitro groups is 1. The molecule has 1 aliphatic rings. The highest BCUT2D eigenvalue weighted by Crippen LogP contribution is 2.26. The molecular weight excluding hydrogens is 334 g/mol. The molecule has 0 unspecified atom stereocenters. The fraction of sp³-hybridized carbons (Fsp3) is 0.316. The molecule has 0 spiro atoms. The lowest BCUT2D eigenvalue weighted by Gasteiger charge is -2.23. The van der Waals surface area contributed by atoms with Gasteiger partial charge in [0.05, 0.1) is 18.1 Å². The predicted octanol–water partition coefficient (Wildman–Crippen LogP) is 3.21. The second-order valence-electron chi connectivity index (χ2n) is 6.23. The highest BCUT2D eigenvalue weighted by atomic mass is 16.6. The van der Waals surface area contributed by atoms with Gasteiger partial charge in [-0.15, -0.1) is 0 Å². The first kappa shape index (κ1) is 17.9. The van der Waals surface area contributed by atoms with Crippen molar-refractivity contribution in [2.75, 3.05) is 19.0 Å². The zero-order chi connectivity index (χ0) is 18.5. The van der Waals surface area contributed by atoms with E-state index in [1.165, 1.54) is 6.07 Å². The molecule has 2 aromatic carbocycles. The van der Waals surface area contributed by atoms with E-state index in [4.69, 9.17) is 4.74 Å². The largest absolute Gasteiger partial charge is 0.497 e. The molecule has 1 amide bonds. The van der Waals surface area contributed by atoms with Crippen molar-refractivity contribution in [3.63, 3.8) is 0 Å². The van der Waals surface area contributed by atoms with Crippen LogP contribution in [0.4, 0.5) is 11.4 Å². The molecule has 1 heterocycles. The lowest BCUT2D eigenvalue weighted by molar-refractivity contribution is -0.385. The van der Waals surface area contributed by atoms with Crippen LogP contribution in [0.1, 0.15) is 18.4 Å². The van der Waals surface area contributed by atoms with E-state index in [1.807, 2.05) is 4.90 Å². The van der Waals surface area contributed by atoms with Crippen molar-refractivity contribution in [3.8, 4) is 5.75 Å². The van der Waals surface area contributed by atoms with Crippen molar-refractivity contribution in [2.45, 2.75) is 25.4 Å². The number of hydrogen-bond acceptors (Lipinski definition) is 5. The van der Waals surface area contributed by atoms with Crippen LogP contribution in [0.15, 0.2) is 48.5 Å². The van der Waals surface area contributed by atoms with Gasteiger partial charge >= 0.3 is 0 Å². The number of amides is 1. The van der Waals surface area contributed by atoms with Gasteiger partial charge in [0, 0.05) is 23.9 Å². The van der Waals surface area contributed by atoms with E-state index in [0.717, 1.165) is 25.1 Å². The number of ether oxygens (including phenoxy) is 1. The SMILES string of the molecule is COc1ccc(NC(=O)[C@@H]2CCCN2Cc2ccccc2[N+](=O)[O-])cc1. The lowest BCUT2D eigenvalue weighted by Crippen LogP contribution is -2.39. The Hall–Kier alpha value is -2.93. The fourth-order valence-corrected chi connectivity index (χ4v) is 3.25. The monoisotopic (exact) mass is 355 g/mol. The van der Waals surface area contributed by atoms with Crippen molar-refractivity contribution >= 4 is 17.3 Å². The summed E-state index contributed by atoms with van der Waals surface area (Å²) in [5.41, 5.74) is 1.42. The quantitative estimate of drug-likeness (QED) is 0.635. The molecule has 1 saturated heterocycles. The van der Waals surface area contributed by atoms with E-state index in [-0.39, 0.29) is 22.6 Å². The van der Waals surface area contributed by atoms with Gasteiger partial charge in [0.15, 0.2) is 0 Å². The van der Waals surface area contributed by atoms with Crippen molar-refractivity contribution in [3.05, 3.63) is 64.2 Å². The Morgan fingerprint density at radius 2 is 2.00 bits per heavy atom. The maximum absolute atomic E-state index is 12.7. The summed E-state index contributed by atoms with van der Waals surface area (Å²) in [6.45, 7) is 1.13. The van der Waals surface area contributed by atoms with E-state index in [1.54, 1.807) is 49.6 Å². The van der Waals surface area contributed by atoms with Gasteiger partial charge < -0.3 is 10.1 Å². The zero-order valence-electron chi connectivity index (χ0n) is 14.6. The second-order valence-corrected chi connectivity index (χ2v) is 6.23. The first-order valence-electron chi connectivity index (χ1n) is 8.50. The number of methoxy groups -OCH3 is 1. The van der Waals surface area contributed by atoms with E-state index in [9.17, 15) is 14.9 Å². The topological polar surface area (TPSA) is 84.7 Å². The molecule has 2 aromatic rings. The number of likely N-dealkylation sites (tertiary alicyclic amines) is 1. The fourth-order valence-electron chi connectivity index (χ4n) is 3.25. The van der Waals surface area contributed by atoms with E-state index >= 15 is 0 Å². The van der Waals surface area contributed by atoms with Gasteiger partial charge in [-0.05, 0) is 43.7 Å². The van der Waals surface area contributed by atoms with E-state index in [0.29, 0.717) is 17.8 Å². The normalized spacial score (nSPS) is 17.0. The maximum Gasteiger partial charge on any atom is 0.273 e. The smallest absolute Gasteiger partial charge is 0.273 e. The van der Waals surface area contributed by atoms with Gasteiger partial charge in [-0.25, -0.2) is 0 Å².